The van der Waals surface area contributed by atoms with Crippen molar-refractivity contribution in [2.75, 3.05) is 13.1 Å². The summed E-state index contributed by atoms with van der Waals surface area (Å²) < 4.78 is 7.76. The van der Waals surface area contributed by atoms with Gasteiger partial charge in [0.1, 0.15) is 6.10 Å². The molecule has 0 saturated carbocycles. The van der Waals surface area contributed by atoms with Gasteiger partial charge in [-0.15, -0.1) is 0 Å². The van der Waals surface area contributed by atoms with Crippen molar-refractivity contribution in [2.24, 2.45) is 0 Å². The van der Waals surface area contributed by atoms with Gasteiger partial charge in [0.15, 0.2) is 0 Å². The van der Waals surface area contributed by atoms with Gasteiger partial charge >= 0.3 is 12.0 Å². The summed E-state index contributed by atoms with van der Waals surface area (Å²) in [6.45, 7) is 10.3. The lowest BCUT2D eigenvalue weighted by molar-refractivity contribution is 0.102. The molecule has 1 N–H and O–H groups in total. The van der Waals surface area contributed by atoms with Crippen LogP contribution in [0.4, 0.5) is 4.79 Å². The van der Waals surface area contributed by atoms with Gasteiger partial charge in [-0.25, -0.2) is 14.8 Å². The summed E-state index contributed by atoms with van der Waals surface area (Å²) in [6.07, 6.45) is 4.91. The second-order valence-corrected chi connectivity index (χ2v) is 6.91. The summed E-state index contributed by atoms with van der Waals surface area (Å²) in [7, 11) is 0. The van der Waals surface area contributed by atoms with Crippen LogP contribution in [0, 0.1) is 13.8 Å². The number of nitrogens with one attached hydrogen (secondary N) is 1. The Labute approximate surface area is 159 Å². The molecule has 0 aliphatic carbocycles. The number of hydrogen-bond donors (Lipinski definition) is 1. The monoisotopic (exact) mass is 372 g/mol. The van der Waals surface area contributed by atoms with E-state index in [1.54, 1.807) is 18.5 Å². The lowest BCUT2D eigenvalue weighted by Gasteiger charge is -2.32. The molecule has 0 aromatic carbocycles. The molecule has 3 heterocycles. The maximum atomic E-state index is 12.7. The van der Waals surface area contributed by atoms with Crippen LogP contribution >= 0.6 is 0 Å². The second kappa shape index (κ2) is 8.37. The smallest absolute Gasteiger partial charge is 0.317 e. The van der Waals surface area contributed by atoms with Crippen molar-refractivity contribution >= 4 is 6.03 Å². The molecular formula is C19H28N6O2. The Morgan fingerprint density at radius 2 is 1.96 bits per heavy atom. The first-order chi connectivity index (χ1) is 13.0. The maximum Gasteiger partial charge on any atom is 0.317 e. The molecule has 0 unspecified atom stereocenters. The molecule has 1 atom stereocenters. The Kier molecular flexibility index (Phi) is 5.93. The third-order valence-corrected chi connectivity index (χ3v) is 5.05. The van der Waals surface area contributed by atoms with Crippen LogP contribution in [0.2, 0.25) is 0 Å². The highest BCUT2D eigenvalue weighted by atomic mass is 16.5. The number of likely N-dealkylation sites (tertiary alicyclic amines) is 1. The molecule has 0 radical (unpaired) electrons. The molecule has 2 aromatic heterocycles. The number of nitrogens with zero attached hydrogens (tertiary/aromatic N) is 5. The normalized spacial score (nSPS) is 16.2. The van der Waals surface area contributed by atoms with Crippen LogP contribution in [0.1, 0.15) is 49.7 Å². The Morgan fingerprint density at radius 1 is 1.30 bits per heavy atom. The number of aryl methyl sites for hydroxylation is 2. The van der Waals surface area contributed by atoms with Crippen molar-refractivity contribution in [3.05, 3.63) is 35.4 Å². The third kappa shape index (κ3) is 4.37. The zero-order chi connectivity index (χ0) is 19.4. The van der Waals surface area contributed by atoms with Gasteiger partial charge in [0, 0.05) is 56.1 Å². The number of hydrogen-bond acceptors (Lipinski definition) is 5. The maximum absolute atomic E-state index is 12.7. The molecule has 27 heavy (non-hydrogen) atoms. The van der Waals surface area contributed by atoms with Crippen molar-refractivity contribution < 1.29 is 9.53 Å². The van der Waals surface area contributed by atoms with Crippen molar-refractivity contribution in [3.63, 3.8) is 0 Å². The van der Waals surface area contributed by atoms with Gasteiger partial charge in [-0.1, -0.05) is 0 Å². The van der Waals surface area contributed by atoms with E-state index < -0.39 is 0 Å². The highest BCUT2D eigenvalue weighted by Gasteiger charge is 2.26. The summed E-state index contributed by atoms with van der Waals surface area (Å²) >= 11 is 0. The number of urea groups is 1. The molecule has 0 bridgehead atoms. The Bertz CT molecular complexity index is 768. The summed E-state index contributed by atoms with van der Waals surface area (Å²) in [4.78, 5) is 22.7. The van der Waals surface area contributed by atoms with Gasteiger partial charge in [-0.05, 0) is 33.8 Å². The predicted octanol–water partition coefficient (Wildman–Crippen LogP) is 2.62. The molecule has 146 valence electrons. The highest BCUT2D eigenvalue weighted by molar-refractivity contribution is 5.74. The van der Waals surface area contributed by atoms with Crippen LogP contribution in [-0.4, -0.2) is 49.9 Å². The lowest BCUT2D eigenvalue weighted by Crippen LogP contribution is -2.47. The van der Waals surface area contributed by atoms with E-state index in [1.165, 1.54) is 0 Å². The summed E-state index contributed by atoms with van der Waals surface area (Å²) in [5.41, 5.74) is 3.18. The SMILES string of the molecule is CCn1nc(C)c([C@H](C)NC(=O)N2CCC(Oc3ncccn3)CC2)c1C. The molecule has 2 aromatic rings. The van der Waals surface area contributed by atoms with Gasteiger partial charge < -0.3 is 15.0 Å². The predicted molar refractivity (Wildman–Crippen MR) is 102 cm³/mol. The number of carbonyl (C=O) groups is 1. The molecule has 2 amide bonds. The molecule has 1 fully saturated rings. The fourth-order valence-corrected chi connectivity index (χ4v) is 3.67. The van der Waals surface area contributed by atoms with Crippen LogP contribution < -0.4 is 10.1 Å². The summed E-state index contributed by atoms with van der Waals surface area (Å²) in [5, 5.41) is 7.66. The van der Waals surface area contributed by atoms with Crippen LogP contribution in [0.3, 0.4) is 0 Å². The number of carbonyl (C=O) groups excluding carboxylic acids is 1. The minimum absolute atomic E-state index is 0.0417. The molecule has 8 heteroatoms. The fourth-order valence-electron chi connectivity index (χ4n) is 3.67. The third-order valence-electron chi connectivity index (χ3n) is 5.05. The molecule has 8 nitrogen and oxygen atoms in total. The fraction of sp³-hybridized carbons (Fsp3) is 0.579. The van der Waals surface area contributed by atoms with E-state index in [0.29, 0.717) is 19.1 Å². The van der Waals surface area contributed by atoms with E-state index in [1.807, 2.05) is 23.4 Å². The average Bonchev–Trinajstić information content (AvgIpc) is 2.96. The zero-order valence-corrected chi connectivity index (χ0v) is 16.5. The molecule has 0 spiro atoms. The second-order valence-electron chi connectivity index (χ2n) is 6.91. The Hall–Kier alpha value is -2.64. The molecular weight excluding hydrogens is 344 g/mol. The topological polar surface area (TPSA) is 85.2 Å². The molecule has 1 saturated heterocycles. The Morgan fingerprint density at radius 3 is 2.56 bits per heavy atom. The number of piperidine rings is 1. The van der Waals surface area contributed by atoms with Gasteiger partial charge in [0.05, 0.1) is 11.7 Å². The molecule has 1 aliphatic rings. The minimum atomic E-state index is -0.0792. The van der Waals surface area contributed by atoms with E-state index in [-0.39, 0.29) is 18.2 Å². The van der Waals surface area contributed by atoms with E-state index in [4.69, 9.17) is 4.74 Å². The average molecular weight is 372 g/mol. The molecule has 1 aliphatic heterocycles. The first-order valence-corrected chi connectivity index (χ1v) is 9.52. The van der Waals surface area contributed by atoms with Gasteiger partial charge in [0.25, 0.3) is 0 Å². The highest BCUT2D eigenvalue weighted by Crippen LogP contribution is 2.22. The minimum Gasteiger partial charge on any atom is -0.460 e. The standard InChI is InChI=1S/C19H28N6O2/c1-5-25-15(4)17(14(3)23-25)13(2)22-19(26)24-11-7-16(8-12-24)27-18-20-9-6-10-21-18/h6,9-10,13,16H,5,7-8,11-12H2,1-4H3,(H,22,26)/t13-/m0/s1. The van der Waals surface area contributed by atoms with E-state index in [9.17, 15) is 4.79 Å². The van der Waals surface area contributed by atoms with Crippen molar-refractivity contribution in [3.8, 4) is 6.01 Å². The number of aromatic nitrogens is 4. The van der Waals surface area contributed by atoms with Crippen LogP contribution in [0.25, 0.3) is 0 Å². The van der Waals surface area contributed by atoms with Gasteiger partial charge in [0.2, 0.25) is 0 Å². The first kappa shape index (κ1) is 19.1. The largest absolute Gasteiger partial charge is 0.460 e. The zero-order valence-electron chi connectivity index (χ0n) is 16.5. The Balaban J connectivity index is 1.53. The number of amides is 2. The van der Waals surface area contributed by atoms with Crippen molar-refractivity contribution in [1.82, 2.24) is 30.0 Å². The summed E-state index contributed by atoms with van der Waals surface area (Å²) in [6, 6.07) is 2.03. The number of ether oxygens (including phenoxy) is 1. The van der Waals surface area contributed by atoms with E-state index >= 15 is 0 Å². The van der Waals surface area contributed by atoms with Crippen molar-refractivity contribution in [1.29, 1.82) is 0 Å². The van der Waals surface area contributed by atoms with E-state index in [0.717, 1.165) is 36.3 Å². The van der Waals surface area contributed by atoms with Gasteiger partial charge in [-0.3, -0.25) is 4.68 Å². The van der Waals surface area contributed by atoms with E-state index in [2.05, 4.69) is 34.2 Å². The number of rotatable bonds is 5. The van der Waals surface area contributed by atoms with Gasteiger partial charge in [-0.2, -0.15) is 5.10 Å². The van der Waals surface area contributed by atoms with Crippen LogP contribution in [-0.2, 0) is 6.54 Å². The molecule has 3 rings (SSSR count). The van der Waals surface area contributed by atoms with Crippen LogP contribution in [0.5, 0.6) is 6.01 Å². The quantitative estimate of drug-likeness (QED) is 0.872. The lowest BCUT2D eigenvalue weighted by atomic mass is 10.1. The first-order valence-electron chi connectivity index (χ1n) is 9.52. The summed E-state index contributed by atoms with van der Waals surface area (Å²) in [5.74, 6) is 0. The van der Waals surface area contributed by atoms with Crippen LogP contribution in [0.15, 0.2) is 18.5 Å². The van der Waals surface area contributed by atoms with Crippen molar-refractivity contribution in [2.45, 2.75) is 59.2 Å².